The Morgan fingerprint density at radius 2 is 1.89 bits per heavy atom. The van der Waals surface area contributed by atoms with E-state index < -0.39 is 24.0 Å². The second-order valence-corrected chi connectivity index (χ2v) is 4.83. The summed E-state index contributed by atoms with van der Waals surface area (Å²) >= 11 is 2.19. The number of phenolic OH excluding ortho intramolecular Hbond substituents is 1. The zero-order valence-corrected chi connectivity index (χ0v) is 12.0. The fourth-order valence-electron chi connectivity index (χ4n) is 1.43. The zero-order valence-electron chi connectivity index (χ0n) is 10.1. The van der Waals surface area contributed by atoms with Gasteiger partial charge in [-0.2, -0.15) is 0 Å². The molecule has 5 N–H and O–H groups in total. The predicted octanol–water partition coefficient (Wildman–Crippen LogP) is -0.849. The van der Waals surface area contributed by atoms with E-state index in [1.807, 2.05) is 0 Å². The fraction of sp³-hybridized carbons (Fsp3) is 0.333. The molecule has 1 amide bonds. The predicted molar refractivity (Wildman–Crippen MR) is 71.3 cm³/mol. The molecule has 104 valence electrons. The van der Waals surface area contributed by atoms with E-state index in [0.717, 1.165) is 0 Å². The van der Waals surface area contributed by atoms with Crippen LogP contribution in [0.3, 0.4) is 0 Å². The first kappa shape index (κ1) is 15.5. The number of aromatic hydroxyl groups is 1. The molecule has 0 saturated heterocycles. The van der Waals surface area contributed by atoms with Crippen LogP contribution in [-0.4, -0.2) is 50.2 Å². The number of amides is 1. The van der Waals surface area contributed by atoms with E-state index in [4.69, 9.17) is 15.9 Å². The molecule has 1 aromatic carbocycles. The molecule has 0 aliphatic carbocycles. The van der Waals surface area contributed by atoms with Crippen molar-refractivity contribution in [1.29, 1.82) is 0 Å². The number of benzene rings is 1. The van der Waals surface area contributed by atoms with Crippen LogP contribution in [0.15, 0.2) is 24.3 Å². The molecule has 1 rings (SSSR count). The molecule has 0 unspecified atom stereocenters. The number of carboxylic acids is 1. The van der Waals surface area contributed by atoms with Gasteiger partial charge in [0.25, 0.3) is 0 Å². The van der Waals surface area contributed by atoms with Gasteiger partial charge in [0.1, 0.15) is 0 Å². The molecule has 0 aliphatic heterocycles. The summed E-state index contributed by atoms with van der Waals surface area (Å²) in [6.45, 7) is 0. The minimum atomic E-state index is -1.13. The van der Waals surface area contributed by atoms with E-state index in [0.29, 0.717) is 10.9 Å². The molecule has 6 nitrogen and oxygen atoms in total. The second-order valence-electron chi connectivity index (χ2n) is 4.06. The van der Waals surface area contributed by atoms with Gasteiger partial charge in [-0.15, -0.1) is 0 Å². The summed E-state index contributed by atoms with van der Waals surface area (Å²) in [5.74, 6) is -1.52. The van der Waals surface area contributed by atoms with Crippen molar-refractivity contribution >= 4 is 27.9 Å². The summed E-state index contributed by atoms with van der Waals surface area (Å²) in [4.78, 5) is 22.7. The molecule has 0 aliphatic rings. The first-order valence-corrected chi connectivity index (χ1v) is 6.94. The van der Waals surface area contributed by atoms with Gasteiger partial charge in [0.05, 0.1) is 0 Å². The van der Waals surface area contributed by atoms with Crippen LogP contribution in [0.25, 0.3) is 0 Å². The van der Waals surface area contributed by atoms with Crippen molar-refractivity contribution in [2.24, 2.45) is 5.73 Å². The van der Waals surface area contributed by atoms with Crippen molar-refractivity contribution in [3.63, 3.8) is 0 Å². The number of aliphatic carboxylic acids is 1. The van der Waals surface area contributed by atoms with Gasteiger partial charge in [-0.25, -0.2) is 0 Å². The molecular weight excluding hydrogens is 315 g/mol. The van der Waals surface area contributed by atoms with E-state index in [1.165, 1.54) is 12.1 Å². The third-order valence-electron chi connectivity index (χ3n) is 2.52. The van der Waals surface area contributed by atoms with Crippen LogP contribution in [0.4, 0.5) is 0 Å². The Bertz CT molecular complexity index is 450. The minimum absolute atomic E-state index is 0.102. The zero-order chi connectivity index (χ0) is 14.4. The monoisotopic (exact) mass is 332 g/mol. The summed E-state index contributed by atoms with van der Waals surface area (Å²) < 4.78 is 0. The summed E-state index contributed by atoms with van der Waals surface area (Å²) in [7, 11) is 0. The van der Waals surface area contributed by atoms with Crippen LogP contribution >= 0.6 is 0 Å². The van der Waals surface area contributed by atoms with Gasteiger partial charge in [0.15, 0.2) is 0 Å². The molecule has 0 fully saturated rings. The average molecular weight is 331 g/mol. The number of hydrogen-bond acceptors (Lipinski definition) is 4. The molecule has 0 aromatic heterocycles. The van der Waals surface area contributed by atoms with Crippen molar-refractivity contribution in [2.45, 2.75) is 23.8 Å². The van der Waals surface area contributed by atoms with Gasteiger partial charge < -0.3 is 0 Å². The van der Waals surface area contributed by atoms with E-state index in [-0.39, 0.29) is 12.2 Å². The molecule has 1 aromatic rings. The molecule has 19 heavy (non-hydrogen) atoms. The summed E-state index contributed by atoms with van der Waals surface area (Å²) in [5, 5.41) is 21.0. The molecule has 0 spiro atoms. The van der Waals surface area contributed by atoms with Gasteiger partial charge in [-0.3, -0.25) is 0 Å². The third kappa shape index (κ3) is 4.90. The first-order valence-electron chi connectivity index (χ1n) is 5.61. The van der Waals surface area contributed by atoms with Crippen LogP contribution in [0.2, 0.25) is 5.32 Å². The van der Waals surface area contributed by atoms with Gasteiger partial charge in [-0.05, 0) is 0 Å². The van der Waals surface area contributed by atoms with Crippen LogP contribution in [-0.2, 0) is 16.0 Å². The number of nitrogens with two attached hydrogens (primary N) is 1. The molecule has 7 heteroatoms. The summed E-state index contributed by atoms with van der Waals surface area (Å²) in [6.07, 6.45) is 0.132. The fourth-order valence-corrected chi connectivity index (χ4v) is 1.78. The van der Waals surface area contributed by atoms with Gasteiger partial charge in [-0.1, -0.05) is 0 Å². The van der Waals surface area contributed by atoms with Crippen LogP contribution in [0, 0.1) is 0 Å². The first-order chi connectivity index (χ1) is 8.93. The number of rotatable bonds is 6. The number of nitrogens with one attached hydrogen (secondary N) is 1. The van der Waals surface area contributed by atoms with Crippen molar-refractivity contribution < 1.29 is 19.8 Å². The van der Waals surface area contributed by atoms with E-state index in [2.05, 4.69) is 21.3 Å². The van der Waals surface area contributed by atoms with Crippen LogP contribution in [0.1, 0.15) is 5.56 Å². The Morgan fingerprint density at radius 1 is 1.32 bits per heavy atom. The van der Waals surface area contributed by atoms with E-state index >= 15 is 0 Å². The molecular formula is C12H16N2O4Se. The van der Waals surface area contributed by atoms with Gasteiger partial charge in [0, 0.05) is 0 Å². The molecule has 0 bridgehead atoms. The number of phenols is 1. The molecule has 0 saturated carbocycles. The normalized spacial score (nSPS) is 13.6. The van der Waals surface area contributed by atoms with Crippen molar-refractivity contribution in [2.75, 3.05) is 0 Å². The van der Waals surface area contributed by atoms with Gasteiger partial charge in [0.2, 0.25) is 0 Å². The van der Waals surface area contributed by atoms with Crippen LogP contribution in [0.5, 0.6) is 5.75 Å². The topological polar surface area (TPSA) is 113 Å². The average Bonchev–Trinajstić information content (AvgIpc) is 2.39. The van der Waals surface area contributed by atoms with Crippen molar-refractivity contribution in [3.05, 3.63) is 29.8 Å². The molecule has 0 radical (unpaired) electrons. The third-order valence-corrected chi connectivity index (χ3v) is 3.35. The van der Waals surface area contributed by atoms with E-state index in [1.54, 1.807) is 12.1 Å². The van der Waals surface area contributed by atoms with Crippen molar-refractivity contribution in [1.82, 2.24) is 5.32 Å². The number of carbonyl (C=O) groups is 2. The Morgan fingerprint density at radius 3 is 2.37 bits per heavy atom. The summed E-state index contributed by atoms with van der Waals surface area (Å²) in [5.41, 5.74) is 6.22. The standard InChI is InChI=1S/C12H16N2O4Se/c13-9(6-19)11(16)14-10(12(17)18)5-7-1-3-8(15)4-2-7/h1-4,9-10,15,19H,5-6,13H2,(H,14,16)(H,17,18)/t9-,10-/m0/s1. The number of carbonyl (C=O) groups excluding carboxylic acids is 1. The quantitative estimate of drug-likeness (QED) is 0.507. The number of carboxylic acid groups (broad SMARTS) is 1. The van der Waals surface area contributed by atoms with Crippen molar-refractivity contribution in [3.8, 4) is 5.75 Å². The maximum atomic E-state index is 11.6. The Hall–Kier alpha value is -1.56. The molecule has 2 atom stereocenters. The molecule has 0 heterocycles. The summed E-state index contributed by atoms with van der Waals surface area (Å²) in [6, 6.07) is 4.36. The second kappa shape index (κ2) is 7.13. The Kier molecular flexibility index (Phi) is 5.82. The number of hydrogen-bond donors (Lipinski definition) is 4. The SMILES string of the molecule is N[C@@H](C[SeH])C(=O)N[C@@H](Cc1ccc(O)cc1)C(=O)O. The Balaban J connectivity index is 2.71. The van der Waals surface area contributed by atoms with Gasteiger partial charge >= 0.3 is 118 Å². The Labute approximate surface area is 118 Å². The van der Waals surface area contributed by atoms with Crippen LogP contribution < -0.4 is 11.1 Å². The maximum absolute atomic E-state index is 11.6. The van der Waals surface area contributed by atoms with E-state index in [9.17, 15) is 9.59 Å².